The van der Waals surface area contributed by atoms with Crippen LogP contribution in [0.3, 0.4) is 0 Å². The van der Waals surface area contributed by atoms with Crippen molar-refractivity contribution in [1.29, 1.82) is 0 Å². The van der Waals surface area contributed by atoms with Gasteiger partial charge in [-0.05, 0) is 12.1 Å². The zero-order valence-electron chi connectivity index (χ0n) is 10.5. The first-order valence-electron chi connectivity index (χ1n) is 5.65. The number of carbonyl (C=O) groups is 2. The van der Waals surface area contributed by atoms with E-state index in [0.717, 1.165) is 0 Å². The van der Waals surface area contributed by atoms with Gasteiger partial charge in [0.05, 0.1) is 19.0 Å². The number of carbonyl (C=O) groups excluding carboxylic acids is 2. The van der Waals surface area contributed by atoms with E-state index in [-0.39, 0.29) is 11.6 Å². The number of rotatable bonds is 4. The van der Waals surface area contributed by atoms with E-state index in [0.29, 0.717) is 17.8 Å². The van der Waals surface area contributed by atoms with Crippen LogP contribution in [0.1, 0.15) is 34.5 Å². The van der Waals surface area contributed by atoms with Crippen molar-refractivity contribution in [3.63, 3.8) is 0 Å². The van der Waals surface area contributed by atoms with Crippen LogP contribution < -0.4 is 0 Å². The average molecular weight is 260 g/mol. The summed E-state index contributed by atoms with van der Waals surface area (Å²) in [5.41, 5.74) is 1.01. The quantitative estimate of drug-likeness (QED) is 0.603. The molecule has 0 aliphatic heterocycles. The average Bonchev–Trinajstić information content (AvgIpc) is 2.95. The number of hydrogen-bond acceptors (Lipinski definition) is 6. The second kappa shape index (κ2) is 5.38. The molecule has 0 unspecified atom stereocenters. The maximum atomic E-state index is 11.4. The molecule has 0 aromatic carbocycles. The van der Waals surface area contributed by atoms with Gasteiger partial charge in [-0.15, -0.1) is 5.10 Å². The van der Waals surface area contributed by atoms with Crippen LogP contribution in [0.5, 0.6) is 0 Å². The highest BCUT2D eigenvalue weighted by molar-refractivity contribution is 5.94. The molecule has 19 heavy (non-hydrogen) atoms. The number of nitrogens with zero attached hydrogens (tertiary/aromatic N) is 4. The van der Waals surface area contributed by atoms with Crippen molar-refractivity contribution in [1.82, 2.24) is 19.7 Å². The van der Waals surface area contributed by atoms with Crippen molar-refractivity contribution in [3.8, 4) is 5.69 Å². The SMILES string of the molecule is CCC(=O)c1ccc(-n2cnc(C(=O)OC)n2)cn1. The monoisotopic (exact) mass is 260 g/mol. The predicted molar refractivity (Wildman–Crippen MR) is 65.1 cm³/mol. The van der Waals surface area contributed by atoms with Gasteiger partial charge in [-0.2, -0.15) is 0 Å². The van der Waals surface area contributed by atoms with E-state index in [1.807, 2.05) is 0 Å². The molecule has 0 aliphatic rings. The molecule has 0 saturated heterocycles. The second-order valence-electron chi connectivity index (χ2n) is 3.68. The highest BCUT2D eigenvalue weighted by atomic mass is 16.5. The molecule has 0 spiro atoms. The fourth-order valence-corrected chi connectivity index (χ4v) is 1.44. The third-order valence-electron chi connectivity index (χ3n) is 2.48. The lowest BCUT2D eigenvalue weighted by molar-refractivity contribution is 0.0587. The van der Waals surface area contributed by atoms with Crippen LogP contribution in [0.2, 0.25) is 0 Å². The molecule has 98 valence electrons. The van der Waals surface area contributed by atoms with Crippen molar-refractivity contribution in [2.45, 2.75) is 13.3 Å². The Hall–Kier alpha value is -2.57. The van der Waals surface area contributed by atoms with Gasteiger partial charge < -0.3 is 4.74 Å². The predicted octanol–water partition coefficient (Wildman–Crippen LogP) is 1.04. The third-order valence-corrected chi connectivity index (χ3v) is 2.48. The zero-order valence-corrected chi connectivity index (χ0v) is 10.5. The Labute approximate surface area is 109 Å². The summed E-state index contributed by atoms with van der Waals surface area (Å²) < 4.78 is 5.90. The van der Waals surface area contributed by atoms with Crippen LogP contribution in [0, 0.1) is 0 Å². The van der Waals surface area contributed by atoms with E-state index in [4.69, 9.17) is 0 Å². The first kappa shape index (κ1) is 12.9. The number of Topliss-reactive ketones (excluding diaryl/α,β-unsaturated/α-hetero) is 1. The largest absolute Gasteiger partial charge is 0.463 e. The first-order chi connectivity index (χ1) is 9.15. The van der Waals surface area contributed by atoms with E-state index in [1.54, 1.807) is 19.1 Å². The van der Waals surface area contributed by atoms with Gasteiger partial charge in [0.2, 0.25) is 0 Å². The molecule has 0 amide bonds. The van der Waals surface area contributed by atoms with E-state index >= 15 is 0 Å². The van der Waals surface area contributed by atoms with Crippen LogP contribution in [0.4, 0.5) is 0 Å². The van der Waals surface area contributed by atoms with Crippen molar-refractivity contribution in [2.24, 2.45) is 0 Å². The molecule has 2 aromatic rings. The Bertz CT molecular complexity index is 604. The fraction of sp³-hybridized carbons (Fsp3) is 0.250. The Balaban J connectivity index is 2.25. The van der Waals surface area contributed by atoms with Gasteiger partial charge in [0.25, 0.3) is 5.82 Å². The van der Waals surface area contributed by atoms with Gasteiger partial charge in [-0.1, -0.05) is 6.92 Å². The minimum absolute atomic E-state index is 0.0274. The first-order valence-corrected chi connectivity index (χ1v) is 5.65. The molecule has 0 N–H and O–H groups in total. The van der Waals surface area contributed by atoms with Crippen molar-refractivity contribution >= 4 is 11.8 Å². The highest BCUT2D eigenvalue weighted by Gasteiger charge is 2.12. The molecule has 0 bridgehead atoms. The Kier molecular flexibility index (Phi) is 3.65. The summed E-state index contributed by atoms with van der Waals surface area (Å²) in [7, 11) is 1.26. The maximum absolute atomic E-state index is 11.4. The number of methoxy groups -OCH3 is 1. The number of aromatic nitrogens is 4. The molecule has 2 rings (SSSR count). The zero-order chi connectivity index (χ0) is 13.8. The summed E-state index contributed by atoms with van der Waals surface area (Å²) in [6.45, 7) is 1.78. The minimum atomic E-state index is -0.607. The van der Waals surface area contributed by atoms with Gasteiger partial charge in [0.15, 0.2) is 5.78 Å². The molecule has 0 fully saturated rings. The second-order valence-corrected chi connectivity index (χ2v) is 3.68. The third kappa shape index (κ3) is 2.65. The summed E-state index contributed by atoms with van der Waals surface area (Å²) in [5.74, 6) is -0.666. The van der Waals surface area contributed by atoms with E-state index in [1.165, 1.54) is 24.3 Å². The fourth-order valence-electron chi connectivity index (χ4n) is 1.44. The van der Waals surface area contributed by atoms with Gasteiger partial charge in [-0.3, -0.25) is 9.78 Å². The molecule has 2 aromatic heterocycles. The molecule has 2 heterocycles. The number of pyridine rings is 1. The normalized spacial score (nSPS) is 10.2. The van der Waals surface area contributed by atoms with E-state index in [2.05, 4.69) is 19.8 Å². The molecular formula is C12H12N4O3. The van der Waals surface area contributed by atoms with Crippen LogP contribution in [-0.4, -0.2) is 38.6 Å². The van der Waals surface area contributed by atoms with Crippen molar-refractivity contribution < 1.29 is 14.3 Å². The number of ketones is 1. The molecule has 0 radical (unpaired) electrons. The summed E-state index contributed by atoms with van der Waals surface area (Å²) >= 11 is 0. The Morgan fingerprint density at radius 2 is 2.11 bits per heavy atom. The summed E-state index contributed by atoms with van der Waals surface area (Å²) in [6.07, 6.45) is 3.28. The summed E-state index contributed by atoms with van der Waals surface area (Å²) in [4.78, 5) is 30.5. The van der Waals surface area contributed by atoms with Gasteiger partial charge in [0, 0.05) is 6.42 Å². The number of ether oxygens (including phenoxy) is 1. The van der Waals surface area contributed by atoms with Crippen LogP contribution >= 0.6 is 0 Å². The van der Waals surface area contributed by atoms with Gasteiger partial charge >= 0.3 is 5.97 Å². The standard InChI is InChI=1S/C12H12N4O3/c1-3-10(17)9-5-4-8(6-13-9)16-7-14-11(15-16)12(18)19-2/h4-7H,3H2,1-2H3. The lowest BCUT2D eigenvalue weighted by Gasteiger charge is -2.01. The lowest BCUT2D eigenvalue weighted by atomic mass is 10.2. The highest BCUT2D eigenvalue weighted by Crippen LogP contribution is 2.07. The number of hydrogen-bond donors (Lipinski definition) is 0. The van der Waals surface area contributed by atoms with E-state index in [9.17, 15) is 9.59 Å². The van der Waals surface area contributed by atoms with Crippen LogP contribution in [0.25, 0.3) is 5.69 Å². The van der Waals surface area contributed by atoms with Crippen molar-refractivity contribution in [2.75, 3.05) is 7.11 Å². The Morgan fingerprint density at radius 3 is 2.68 bits per heavy atom. The molecular weight excluding hydrogens is 248 g/mol. The molecule has 7 heteroatoms. The van der Waals surface area contributed by atoms with Gasteiger partial charge in [0.1, 0.15) is 12.0 Å². The lowest BCUT2D eigenvalue weighted by Crippen LogP contribution is -2.06. The summed E-state index contributed by atoms with van der Waals surface area (Å²) in [6, 6.07) is 3.30. The number of esters is 1. The Morgan fingerprint density at radius 1 is 1.32 bits per heavy atom. The summed E-state index contributed by atoms with van der Waals surface area (Å²) in [5, 5.41) is 3.95. The topological polar surface area (TPSA) is 87.0 Å². The molecule has 0 atom stereocenters. The molecule has 0 aliphatic carbocycles. The molecule has 0 saturated carbocycles. The van der Waals surface area contributed by atoms with Crippen LogP contribution in [-0.2, 0) is 4.74 Å². The van der Waals surface area contributed by atoms with Crippen molar-refractivity contribution in [3.05, 3.63) is 36.2 Å². The van der Waals surface area contributed by atoms with Crippen LogP contribution in [0.15, 0.2) is 24.7 Å². The van der Waals surface area contributed by atoms with Gasteiger partial charge in [-0.25, -0.2) is 14.5 Å². The maximum Gasteiger partial charge on any atom is 0.377 e. The smallest absolute Gasteiger partial charge is 0.377 e. The molecule has 7 nitrogen and oxygen atoms in total. The van der Waals surface area contributed by atoms with E-state index < -0.39 is 5.97 Å². The minimum Gasteiger partial charge on any atom is -0.463 e.